The number of nitrogens with zero attached hydrogens (tertiary/aromatic N) is 1. The molecule has 0 aliphatic heterocycles. The van der Waals surface area contributed by atoms with E-state index in [2.05, 4.69) is 31.3 Å². The number of amides is 1. The summed E-state index contributed by atoms with van der Waals surface area (Å²) in [6, 6.07) is -0.756. The van der Waals surface area contributed by atoms with Gasteiger partial charge in [-0.2, -0.15) is 0 Å². The van der Waals surface area contributed by atoms with E-state index >= 15 is 0 Å². The molecule has 0 heterocycles. The summed E-state index contributed by atoms with van der Waals surface area (Å²) in [6.45, 7) is 4.91. The van der Waals surface area contributed by atoms with Crippen LogP contribution in [0.15, 0.2) is 12.2 Å². The van der Waals surface area contributed by atoms with E-state index in [1.54, 1.807) is 0 Å². The topological polar surface area (TPSA) is 105 Å². The van der Waals surface area contributed by atoms with Crippen LogP contribution in [0.25, 0.3) is 0 Å². The van der Waals surface area contributed by atoms with Crippen molar-refractivity contribution in [1.29, 1.82) is 0 Å². The number of quaternary nitrogens is 1. The molecule has 0 aliphatic carbocycles. The van der Waals surface area contributed by atoms with E-state index < -0.39 is 20.0 Å². The number of phosphoric acid groups is 1. The van der Waals surface area contributed by atoms with Crippen molar-refractivity contribution in [3.63, 3.8) is 0 Å². The van der Waals surface area contributed by atoms with Crippen LogP contribution in [0.4, 0.5) is 0 Å². The molecule has 0 aromatic rings. The molecule has 0 saturated heterocycles. The zero-order valence-corrected chi connectivity index (χ0v) is 43.0. The second kappa shape index (κ2) is 45.4. The zero-order chi connectivity index (χ0) is 45.7. The zero-order valence-electron chi connectivity index (χ0n) is 42.1. The first-order chi connectivity index (χ1) is 30.0. The summed E-state index contributed by atoms with van der Waals surface area (Å²) in [5, 5.41) is 14.0. The summed E-state index contributed by atoms with van der Waals surface area (Å²) in [6.07, 6.45) is 54.1. The Morgan fingerprint density at radius 3 is 1.24 bits per heavy atom. The third kappa shape index (κ3) is 47.2. The number of phosphoric ester groups is 1. The first-order valence-corrected chi connectivity index (χ1v) is 28.5. The fraction of sp³-hybridized carbons (Fsp3) is 0.943. The van der Waals surface area contributed by atoms with E-state index in [0.717, 1.165) is 38.5 Å². The smallest absolute Gasteiger partial charge is 0.391 e. The summed E-state index contributed by atoms with van der Waals surface area (Å²) in [7, 11) is 1.63. The predicted molar refractivity (Wildman–Crippen MR) is 268 cm³/mol. The summed E-state index contributed by atoms with van der Waals surface area (Å²) in [5.41, 5.74) is 0. The molecule has 0 saturated carbocycles. The Morgan fingerprint density at radius 2 is 0.871 bits per heavy atom. The second-order valence-electron chi connectivity index (χ2n) is 20.0. The summed E-state index contributed by atoms with van der Waals surface area (Å²) in [4.78, 5) is 23.2. The highest BCUT2D eigenvalue weighted by Gasteiger charge is 2.28. The number of hydrogen-bond acceptors (Lipinski definition) is 5. The molecule has 0 aromatic carbocycles. The van der Waals surface area contributed by atoms with Crippen LogP contribution in [0, 0.1) is 0 Å². The minimum atomic E-state index is -4.31. The number of hydrogen-bond donors (Lipinski definition) is 3. The van der Waals surface area contributed by atoms with Crippen molar-refractivity contribution in [2.75, 3.05) is 40.9 Å². The van der Waals surface area contributed by atoms with Crippen LogP contribution < -0.4 is 5.32 Å². The average molecular weight is 900 g/mol. The molecule has 3 N–H and O–H groups in total. The van der Waals surface area contributed by atoms with Gasteiger partial charge in [0.25, 0.3) is 0 Å². The van der Waals surface area contributed by atoms with Gasteiger partial charge in [-0.3, -0.25) is 13.8 Å². The van der Waals surface area contributed by atoms with Crippen LogP contribution in [-0.2, 0) is 18.4 Å². The van der Waals surface area contributed by atoms with Gasteiger partial charge in [0, 0.05) is 6.42 Å². The molecular formula is C53H108N2O6P+. The van der Waals surface area contributed by atoms with Crippen LogP contribution in [0.5, 0.6) is 0 Å². The Hall–Kier alpha value is -0.760. The van der Waals surface area contributed by atoms with E-state index in [4.69, 9.17) is 9.05 Å². The number of likely N-dealkylation sites (N-methyl/N-ethyl adjacent to an activating group) is 1. The van der Waals surface area contributed by atoms with E-state index in [0.29, 0.717) is 23.9 Å². The Balaban J connectivity index is 4.05. The first kappa shape index (κ1) is 61.2. The highest BCUT2D eigenvalue weighted by molar-refractivity contribution is 7.47. The molecule has 0 spiro atoms. The molecule has 0 aromatic heterocycles. The predicted octanol–water partition coefficient (Wildman–Crippen LogP) is 15.9. The van der Waals surface area contributed by atoms with Crippen molar-refractivity contribution in [3.8, 4) is 0 Å². The number of carbonyl (C=O) groups is 1. The normalized spacial score (nSPS) is 14.1. The Kier molecular flexibility index (Phi) is 44.8. The van der Waals surface area contributed by atoms with Gasteiger partial charge in [0.05, 0.1) is 39.9 Å². The second-order valence-corrected chi connectivity index (χ2v) is 21.4. The lowest BCUT2D eigenvalue weighted by Gasteiger charge is -2.26. The standard InChI is InChI=1S/C53H107N2O6P/c1-6-8-10-12-14-16-18-20-21-22-23-24-25-26-27-28-29-30-31-32-33-34-35-37-39-41-43-45-47-53(57)54-51(50-61-62(58,59)60-49-48-55(3,4)5)52(56)46-44-42-40-38-36-19-17-15-13-11-9-7-2/h26-27,51-52,56H,6-25,28-50H2,1-5H3,(H-,54,57,58,59)/p+1/b27-26-. The molecule has 3 unspecified atom stereocenters. The van der Waals surface area contributed by atoms with Crippen molar-refractivity contribution >= 4 is 13.7 Å². The minimum absolute atomic E-state index is 0.0769. The first-order valence-electron chi connectivity index (χ1n) is 27.1. The maximum Gasteiger partial charge on any atom is 0.472 e. The Bertz CT molecular complexity index is 1020. The average Bonchev–Trinajstić information content (AvgIpc) is 3.23. The molecule has 62 heavy (non-hydrogen) atoms. The number of unbranched alkanes of at least 4 members (excludes halogenated alkanes) is 35. The molecule has 3 atom stereocenters. The molecule has 0 bridgehead atoms. The van der Waals surface area contributed by atoms with Crippen LogP contribution in [0.3, 0.4) is 0 Å². The van der Waals surface area contributed by atoms with Crippen LogP contribution in [-0.4, -0.2) is 73.4 Å². The lowest BCUT2D eigenvalue weighted by molar-refractivity contribution is -0.870. The lowest BCUT2D eigenvalue weighted by atomic mass is 10.0. The van der Waals surface area contributed by atoms with Crippen molar-refractivity contribution in [2.24, 2.45) is 0 Å². The van der Waals surface area contributed by atoms with E-state index in [1.807, 2.05) is 21.1 Å². The number of aliphatic hydroxyl groups is 1. The monoisotopic (exact) mass is 900 g/mol. The van der Waals surface area contributed by atoms with E-state index in [1.165, 1.54) is 205 Å². The van der Waals surface area contributed by atoms with Crippen molar-refractivity contribution in [3.05, 3.63) is 12.2 Å². The van der Waals surface area contributed by atoms with Gasteiger partial charge in [0.15, 0.2) is 0 Å². The third-order valence-corrected chi connectivity index (χ3v) is 13.5. The number of allylic oxidation sites excluding steroid dienone is 2. The highest BCUT2D eigenvalue weighted by Crippen LogP contribution is 2.43. The minimum Gasteiger partial charge on any atom is -0.391 e. The van der Waals surface area contributed by atoms with Crippen molar-refractivity contribution in [1.82, 2.24) is 5.32 Å². The molecule has 0 radical (unpaired) electrons. The molecule has 0 fully saturated rings. The summed E-state index contributed by atoms with van der Waals surface area (Å²) >= 11 is 0. The molecule has 9 heteroatoms. The van der Waals surface area contributed by atoms with Gasteiger partial charge in [-0.1, -0.05) is 238 Å². The lowest BCUT2D eigenvalue weighted by Crippen LogP contribution is -2.46. The van der Waals surface area contributed by atoms with Gasteiger partial charge in [0.1, 0.15) is 13.2 Å². The van der Waals surface area contributed by atoms with Gasteiger partial charge in [-0.05, 0) is 38.5 Å². The quantitative estimate of drug-likeness (QED) is 0.0243. The molecule has 8 nitrogen and oxygen atoms in total. The Labute approximate surface area is 386 Å². The Morgan fingerprint density at radius 1 is 0.532 bits per heavy atom. The van der Waals surface area contributed by atoms with Gasteiger partial charge >= 0.3 is 7.82 Å². The van der Waals surface area contributed by atoms with E-state index in [9.17, 15) is 19.4 Å². The van der Waals surface area contributed by atoms with Gasteiger partial charge in [-0.15, -0.1) is 0 Å². The molecule has 0 aliphatic rings. The fourth-order valence-electron chi connectivity index (χ4n) is 8.22. The molecule has 0 rings (SSSR count). The van der Waals surface area contributed by atoms with Gasteiger partial charge in [0.2, 0.25) is 5.91 Å². The van der Waals surface area contributed by atoms with Crippen LogP contribution >= 0.6 is 7.82 Å². The summed E-state index contributed by atoms with van der Waals surface area (Å²) < 4.78 is 23.7. The largest absolute Gasteiger partial charge is 0.472 e. The van der Waals surface area contributed by atoms with Gasteiger partial charge in [-0.25, -0.2) is 4.57 Å². The number of nitrogens with one attached hydrogen (secondary N) is 1. The molecule has 370 valence electrons. The maximum absolute atomic E-state index is 12.9. The number of carbonyl (C=O) groups excluding carboxylic acids is 1. The third-order valence-electron chi connectivity index (χ3n) is 12.5. The van der Waals surface area contributed by atoms with E-state index in [-0.39, 0.29) is 19.1 Å². The highest BCUT2D eigenvalue weighted by atomic mass is 31.2. The maximum atomic E-state index is 12.9. The SMILES string of the molecule is CCCCCCCCCCCCCC/C=C\CCCCCCCCCCCCCCC(=O)NC(COP(=O)(O)OCC[N+](C)(C)C)C(O)CCCCCCCCCCCCCC. The number of rotatable bonds is 50. The van der Waals surface area contributed by atoms with Crippen molar-refractivity contribution in [2.45, 2.75) is 283 Å². The summed E-state index contributed by atoms with van der Waals surface area (Å²) in [5.74, 6) is -0.142. The molecule has 1 amide bonds. The van der Waals surface area contributed by atoms with Crippen molar-refractivity contribution < 1.29 is 32.9 Å². The van der Waals surface area contributed by atoms with Crippen LogP contribution in [0.2, 0.25) is 0 Å². The fourth-order valence-corrected chi connectivity index (χ4v) is 8.96. The number of aliphatic hydroxyl groups excluding tert-OH is 1. The van der Waals surface area contributed by atoms with Crippen LogP contribution in [0.1, 0.15) is 271 Å². The molecular weight excluding hydrogens is 792 g/mol. The van der Waals surface area contributed by atoms with Gasteiger partial charge < -0.3 is 19.8 Å².